The number of rotatable bonds is 7. The third kappa shape index (κ3) is 3.78. The topological polar surface area (TPSA) is 72.6 Å². The van der Waals surface area contributed by atoms with Crippen molar-refractivity contribution in [3.8, 4) is 0 Å². The molecular formula is C12H20N2O3S. The van der Waals surface area contributed by atoms with E-state index < -0.39 is 10.0 Å². The van der Waals surface area contributed by atoms with Crippen molar-refractivity contribution in [2.75, 3.05) is 27.3 Å². The van der Waals surface area contributed by atoms with E-state index in [1.165, 1.54) is 4.31 Å². The number of hydrogen-bond acceptors (Lipinski definition) is 4. The fourth-order valence-electron chi connectivity index (χ4n) is 1.56. The van der Waals surface area contributed by atoms with Gasteiger partial charge in [-0.3, -0.25) is 0 Å². The lowest BCUT2D eigenvalue weighted by atomic mass is 10.2. The van der Waals surface area contributed by atoms with E-state index >= 15 is 0 Å². The van der Waals surface area contributed by atoms with Crippen molar-refractivity contribution in [1.82, 2.24) is 4.31 Å². The summed E-state index contributed by atoms with van der Waals surface area (Å²) in [5.41, 5.74) is 6.32. The van der Waals surface area contributed by atoms with Crippen LogP contribution in [0.1, 0.15) is 12.0 Å². The summed E-state index contributed by atoms with van der Waals surface area (Å²) in [6.45, 7) is 1.31. The van der Waals surface area contributed by atoms with Gasteiger partial charge < -0.3 is 10.5 Å². The number of methoxy groups -OCH3 is 1. The Bertz CT molecular complexity index is 474. The van der Waals surface area contributed by atoms with Gasteiger partial charge in [-0.15, -0.1) is 0 Å². The summed E-state index contributed by atoms with van der Waals surface area (Å²) in [6, 6.07) is 6.71. The molecule has 0 saturated heterocycles. The first-order valence-electron chi connectivity index (χ1n) is 5.76. The average molecular weight is 272 g/mol. The van der Waals surface area contributed by atoms with E-state index in [-0.39, 0.29) is 4.90 Å². The highest BCUT2D eigenvalue weighted by Crippen LogP contribution is 2.15. The predicted molar refractivity (Wildman–Crippen MR) is 70.6 cm³/mol. The van der Waals surface area contributed by atoms with Crippen molar-refractivity contribution in [3.63, 3.8) is 0 Å². The maximum absolute atomic E-state index is 12.2. The van der Waals surface area contributed by atoms with Crippen molar-refractivity contribution < 1.29 is 13.2 Å². The molecule has 0 atom stereocenters. The molecule has 0 aromatic heterocycles. The first-order chi connectivity index (χ1) is 8.52. The van der Waals surface area contributed by atoms with Crippen LogP contribution in [0.5, 0.6) is 0 Å². The molecule has 0 aliphatic carbocycles. The summed E-state index contributed by atoms with van der Waals surface area (Å²) < 4.78 is 30.7. The van der Waals surface area contributed by atoms with Crippen LogP contribution >= 0.6 is 0 Å². The SMILES string of the molecule is COCCCN(C)S(=O)(=O)c1cccc(CN)c1. The molecule has 6 heteroatoms. The highest BCUT2D eigenvalue weighted by molar-refractivity contribution is 7.89. The lowest BCUT2D eigenvalue weighted by Gasteiger charge is -2.17. The minimum absolute atomic E-state index is 0.283. The van der Waals surface area contributed by atoms with Crippen LogP contribution in [0.25, 0.3) is 0 Å². The van der Waals surface area contributed by atoms with Crippen LogP contribution < -0.4 is 5.73 Å². The second kappa shape index (κ2) is 6.84. The number of nitrogens with two attached hydrogens (primary N) is 1. The molecule has 0 saturated carbocycles. The number of sulfonamides is 1. The van der Waals surface area contributed by atoms with E-state index in [4.69, 9.17) is 10.5 Å². The van der Waals surface area contributed by atoms with Gasteiger partial charge >= 0.3 is 0 Å². The third-order valence-corrected chi connectivity index (χ3v) is 4.52. The van der Waals surface area contributed by atoms with E-state index in [2.05, 4.69) is 0 Å². The maximum atomic E-state index is 12.2. The number of nitrogens with zero attached hydrogens (tertiary/aromatic N) is 1. The molecule has 1 aromatic carbocycles. The van der Waals surface area contributed by atoms with Crippen LogP contribution in [0, 0.1) is 0 Å². The van der Waals surface area contributed by atoms with Crippen LogP contribution in [-0.2, 0) is 21.3 Å². The van der Waals surface area contributed by atoms with E-state index in [0.29, 0.717) is 26.1 Å². The van der Waals surface area contributed by atoms with E-state index in [9.17, 15) is 8.42 Å². The van der Waals surface area contributed by atoms with Crippen LogP contribution in [-0.4, -0.2) is 40.0 Å². The number of ether oxygens (including phenoxy) is 1. The first-order valence-corrected chi connectivity index (χ1v) is 7.20. The Morgan fingerprint density at radius 3 is 2.72 bits per heavy atom. The lowest BCUT2D eigenvalue weighted by Crippen LogP contribution is -2.28. The molecule has 0 bridgehead atoms. The Labute approximate surface area is 109 Å². The molecule has 0 amide bonds. The first kappa shape index (κ1) is 15.1. The third-order valence-electron chi connectivity index (χ3n) is 2.66. The summed E-state index contributed by atoms with van der Waals surface area (Å²) in [4.78, 5) is 0.283. The van der Waals surface area contributed by atoms with Crippen molar-refractivity contribution in [1.29, 1.82) is 0 Å². The zero-order valence-electron chi connectivity index (χ0n) is 10.8. The van der Waals surface area contributed by atoms with Crippen molar-refractivity contribution in [3.05, 3.63) is 29.8 Å². The Hall–Kier alpha value is -0.950. The zero-order chi connectivity index (χ0) is 13.6. The van der Waals surface area contributed by atoms with E-state index in [1.807, 2.05) is 6.07 Å². The van der Waals surface area contributed by atoms with Crippen LogP contribution in [0.3, 0.4) is 0 Å². The van der Waals surface area contributed by atoms with Gasteiger partial charge in [0, 0.05) is 33.9 Å². The quantitative estimate of drug-likeness (QED) is 0.745. The van der Waals surface area contributed by atoms with Crippen molar-refractivity contribution >= 4 is 10.0 Å². The molecule has 102 valence electrons. The number of benzene rings is 1. The summed E-state index contributed by atoms with van der Waals surface area (Å²) in [5.74, 6) is 0. The van der Waals surface area contributed by atoms with Gasteiger partial charge in [-0.05, 0) is 24.1 Å². The number of hydrogen-bond donors (Lipinski definition) is 1. The molecule has 0 heterocycles. The molecule has 0 spiro atoms. The summed E-state index contributed by atoms with van der Waals surface area (Å²) in [6.07, 6.45) is 0.669. The van der Waals surface area contributed by atoms with Gasteiger partial charge in [-0.2, -0.15) is 0 Å². The second-order valence-electron chi connectivity index (χ2n) is 4.02. The minimum atomic E-state index is -3.43. The maximum Gasteiger partial charge on any atom is 0.242 e. The Morgan fingerprint density at radius 1 is 1.39 bits per heavy atom. The molecule has 0 fully saturated rings. The molecule has 1 aromatic rings. The van der Waals surface area contributed by atoms with Gasteiger partial charge in [-0.25, -0.2) is 12.7 Å². The van der Waals surface area contributed by atoms with Crippen LogP contribution in [0.4, 0.5) is 0 Å². The molecule has 1 rings (SSSR count). The van der Waals surface area contributed by atoms with Crippen LogP contribution in [0.2, 0.25) is 0 Å². The Morgan fingerprint density at radius 2 is 2.11 bits per heavy atom. The fraction of sp³-hybridized carbons (Fsp3) is 0.500. The highest BCUT2D eigenvalue weighted by atomic mass is 32.2. The van der Waals surface area contributed by atoms with Crippen molar-refractivity contribution in [2.24, 2.45) is 5.73 Å². The molecule has 0 aliphatic rings. The van der Waals surface area contributed by atoms with E-state index in [1.54, 1.807) is 32.4 Å². The molecular weight excluding hydrogens is 252 g/mol. The minimum Gasteiger partial charge on any atom is -0.385 e. The molecule has 2 N–H and O–H groups in total. The smallest absolute Gasteiger partial charge is 0.242 e. The predicted octanol–water partition coefficient (Wildman–Crippen LogP) is 0.802. The monoisotopic (exact) mass is 272 g/mol. The lowest BCUT2D eigenvalue weighted by molar-refractivity contribution is 0.189. The van der Waals surface area contributed by atoms with Gasteiger partial charge in [0.05, 0.1) is 4.90 Å². The van der Waals surface area contributed by atoms with Crippen LogP contribution in [0.15, 0.2) is 29.2 Å². The van der Waals surface area contributed by atoms with Crippen molar-refractivity contribution in [2.45, 2.75) is 17.9 Å². The average Bonchev–Trinajstić information content (AvgIpc) is 2.39. The molecule has 5 nitrogen and oxygen atoms in total. The summed E-state index contributed by atoms with van der Waals surface area (Å²) in [7, 11) is -0.264. The van der Waals surface area contributed by atoms with Gasteiger partial charge in [0.15, 0.2) is 0 Å². The Kier molecular flexibility index (Phi) is 5.74. The summed E-state index contributed by atoms with van der Waals surface area (Å²) >= 11 is 0. The fourth-order valence-corrected chi connectivity index (χ4v) is 2.84. The normalized spacial score (nSPS) is 12.0. The molecule has 0 radical (unpaired) electrons. The molecule has 0 aliphatic heterocycles. The van der Waals surface area contributed by atoms with Gasteiger partial charge in [0.1, 0.15) is 0 Å². The van der Waals surface area contributed by atoms with Gasteiger partial charge in [-0.1, -0.05) is 12.1 Å². The summed E-state index contributed by atoms with van der Waals surface area (Å²) in [5, 5.41) is 0. The highest BCUT2D eigenvalue weighted by Gasteiger charge is 2.20. The van der Waals surface area contributed by atoms with E-state index in [0.717, 1.165) is 5.56 Å². The van der Waals surface area contributed by atoms with Gasteiger partial charge in [0.25, 0.3) is 0 Å². The largest absolute Gasteiger partial charge is 0.385 e. The van der Waals surface area contributed by atoms with Gasteiger partial charge in [0.2, 0.25) is 10.0 Å². The second-order valence-corrected chi connectivity index (χ2v) is 6.07. The Balaban J connectivity index is 2.84. The zero-order valence-corrected chi connectivity index (χ0v) is 11.6. The molecule has 0 unspecified atom stereocenters. The standard InChI is InChI=1S/C12H20N2O3S/c1-14(7-4-8-17-2)18(15,16)12-6-3-5-11(9-12)10-13/h3,5-6,9H,4,7-8,10,13H2,1-2H3. The molecule has 18 heavy (non-hydrogen) atoms.